The maximum atomic E-state index is 14.6. The molecule has 7 rings (SSSR count). The van der Waals surface area contributed by atoms with Crippen LogP contribution in [0.3, 0.4) is 0 Å². The maximum absolute atomic E-state index is 14.6. The summed E-state index contributed by atoms with van der Waals surface area (Å²) in [5.74, 6) is -2.30. The van der Waals surface area contributed by atoms with Gasteiger partial charge in [0.2, 0.25) is 0 Å². The molecule has 4 aromatic rings. The van der Waals surface area contributed by atoms with E-state index in [0.29, 0.717) is 32.4 Å². The molecule has 0 unspecified atom stereocenters. The molecular weight excluding hydrogens is 548 g/mol. The first-order valence-electron chi connectivity index (χ1n) is 12.8. The van der Waals surface area contributed by atoms with Gasteiger partial charge in [-0.1, -0.05) is 71.8 Å². The molecule has 4 nitrogen and oxygen atoms in total. The lowest BCUT2D eigenvalue weighted by Gasteiger charge is -2.37. The SMILES string of the molecule is O=C(c1ccc(F)cc1)[C@@H]1[C@H](c2ccc(Cl)cc2)C2(C(=O)c3ccccc3C2=O)[C@@H]2C=Cc3cc(Cl)ccc3N12. The van der Waals surface area contributed by atoms with Crippen LogP contribution < -0.4 is 4.90 Å². The van der Waals surface area contributed by atoms with Crippen molar-refractivity contribution in [1.29, 1.82) is 0 Å². The van der Waals surface area contributed by atoms with Crippen molar-refractivity contribution in [3.8, 4) is 0 Å². The fourth-order valence-electron chi connectivity index (χ4n) is 6.78. The summed E-state index contributed by atoms with van der Waals surface area (Å²) in [5.41, 5.74) is 1.44. The normalized spacial score (nSPS) is 21.9. The van der Waals surface area contributed by atoms with Crippen LogP contribution in [0.15, 0.2) is 97.1 Å². The number of hydrogen-bond acceptors (Lipinski definition) is 4. The van der Waals surface area contributed by atoms with E-state index in [1.165, 1.54) is 24.3 Å². The van der Waals surface area contributed by atoms with Crippen molar-refractivity contribution >= 4 is 52.3 Å². The fraction of sp³-hybridized carbons (Fsp3) is 0.121. The van der Waals surface area contributed by atoms with Crippen LogP contribution in [0, 0.1) is 11.2 Å². The Labute approximate surface area is 239 Å². The first kappa shape index (κ1) is 24.9. The number of carbonyl (C=O) groups excluding carboxylic acids is 3. The summed E-state index contributed by atoms with van der Waals surface area (Å²) in [4.78, 5) is 45.5. The van der Waals surface area contributed by atoms with Gasteiger partial charge in [-0.2, -0.15) is 0 Å². The molecule has 0 N–H and O–H groups in total. The average Bonchev–Trinajstić information content (AvgIpc) is 3.39. The zero-order valence-electron chi connectivity index (χ0n) is 20.9. The quantitative estimate of drug-likeness (QED) is 0.190. The van der Waals surface area contributed by atoms with Gasteiger partial charge in [-0.15, -0.1) is 0 Å². The largest absolute Gasteiger partial charge is 0.352 e. The molecule has 0 amide bonds. The Morgan fingerprint density at radius 1 is 0.800 bits per heavy atom. The lowest BCUT2D eigenvalue weighted by Crippen LogP contribution is -2.48. The van der Waals surface area contributed by atoms with Crippen LogP contribution in [0.25, 0.3) is 6.08 Å². The summed E-state index contributed by atoms with van der Waals surface area (Å²) >= 11 is 12.6. The van der Waals surface area contributed by atoms with Gasteiger partial charge in [0.15, 0.2) is 17.3 Å². The lowest BCUT2D eigenvalue weighted by molar-refractivity contribution is 0.0666. The summed E-state index contributed by atoms with van der Waals surface area (Å²) in [6.07, 6.45) is 3.69. The van der Waals surface area contributed by atoms with Crippen molar-refractivity contribution in [2.75, 3.05) is 4.90 Å². The molecule has 0 aromatic heterocycles. The Hall–Kier alpha value is -4.06. The monoisotopic (exact) mass is 567 g/mol. The van der Waals surface area contributed by atoms with E-state index in [2.05, 4.69) is 0 Å². The van der Waals surface area contributed by atoms with Gasteiger partial charge >= 0.3 is 0 Å². The Morgan fingerprint density at radius 2 is 1.43 bits per heavy atom. The maximum Gasteiger partial charge on any atom is 0.185 e. The average molecular weight is 568 g/mol. The molecule has 0 saturated carbocycles. The van der Waals surface area contributed by atoms with Crippen LogP contribution in [0.1, 0.15) is 48.1 Å². The van der Waals surface area contributed by atoms with Crippen LogP contribution in [0.4, 0.5) is 10.1 Å². The molecule has 1 saturated heterocycles. The molecule has 1 aliphatic carbocycles. The Kier molecular flexibility index (Phi) is 5.60. The van der Waals surface area contributed by atoms with Crippen molar-refractivity contribution in [2.24, 2.45) is 5.41 Å². The summed E-state index contributed by atoms with van der Waals surface area (Å²) in [5, 5.41) is 1.01. The van der Waals surface area contributed by atoms with Crippen LogP contribution in [-0.4, -0.2) is 29.4 Å². The molecule has 7 heteroatoms. The fourth-order valence-corrected chi connectivity index (χ4v) is 7.08. The Morgan fingerprint density at radius 3 is 2.08 bits per heavy atom. The van der Waals surface area contributed by atoms with Crippen LogP contribution in [0.2, 0.25) is 10.0 Å². The van der Waals surface area contributed by atoms with Gasteiger partial charge in [0, 0.05) is 38.3 Å². The smallest absolute Gasteiger partial charge is 0.185 e. The number of hydrogen-bond donors (Lipinski definition) is 0. The van der Waals surface area contributed by atoms with Gasteiger partial charge in [-0.25, -0.2) is 4.39 Å². The minimum absolute atomic E-state index is 0.279. The number of fused-ring (bicyclic) bond motifs is 5. The van der Waals surface area contributed by atoms with Crippen molar-refractivity contribution in [2.45, 2.75) is 18.0 Å². The predicted octanol–water partition coefficient (Wildman–Crippen LogP) is 7.45. The van der Waals surface area contributed by atoms with E-state index in [1.807, 2.05) is 23.1 Å². The highest BCUT2D eigenvalue weighted by atomic mass is 35.5. The number of Topliss-reactive ketones (excluding diaryl/α,β-unsaturated/α-hetero) is 3. The van der Waals surface area contributed by atoms with Crippen LogP contribution in [-0.2, 0) is 0 Å². The van der Waals surface area contributed by atoms with Gasteiger partial charge in [-0.05, 0) is 65.7 Å². The molecule has 40 heavy (non-hydrogen) atoms. The zero-order chi connectivity index (χ0) is 27.8. The molecule has 1 spiro atoms. The molecule has 196 valence electrons. The Bertz CT molecular complexity index is 1730. The zero-order valence-corrected chi connectivity index (χ0v) is 22.4. The van der Waals surface area contributed by atoms with E-state index >= 15 is 0 Å². The van der Waals surface area contributed by atoms with Crippen molar-refractivity contribution < 1.29 is 18.8 Å². The molecule has 0 bridgehead atoms. The molecule has 1 fully saturated rings. The summed E-state index contributed by atoms with van der Waals surface area (Å²) in [6.45, 7) is 0. The van der Waals surface area contributed by atoms with E-state index in [9.17, 15) is 18.8 Å². The standard InChI is InChI=1S/C33H20Cl2FNO3/c34-21-10-5-18(6-11-21)28-29(30(38)19-7-13-23(36)14-8-19)37-26-15-12-22(35)17-20(26)9-16-27(37)33(28)31(39)24-3-1-2-4-25(24)32(33)40/h1-17,27-29H/t27-,28-,29-/m0/s1. The molecular formula is C33H20Cl2FNO3. The second kappa shape index (κ2) is 8.98. The van der Waals surface area contributed by atoms with Crippen LogP contribution in [0.5, 0.6) is 0 Å². The van der Waals surface area contributed by atoms with E-state index < -0.39 is 29.2 Å². The van der Waals surface area contributed by atoms with Crippen molar-refractivity contribution in [3.05, 3.63) is 141 Å². The summed E-state index contributed by atoms with van der Waals surface area (Å²) in [6, 6.07) is 22.7. The number of anilines is 1. The van der Waals surface area contributed by atoms with Crippen molar-refractivity contribution in [3.63, 3.8) is 0 Å². The highest BCUT2D eigenvalue weighted by Crippen LogP contribution is 2.61. The van der Waals surface area contributed by atoms with Gasteiger partial charge < -0.3 is 4.90 Å². The molecule has 2 aliphatic heterocycles. The van der Waals surface area contributed by atoms with Gasteiger partial charge in [0.05, 0.1) is 6.04 Å². The molecule has 2 heterocycles. The van der Waals surface area contributed by atoms with E-state index in [-0.39, 0.29) is 22.9 Å². The van der Waals surface area contributed by atoms with E-state index in [1.54, 1.807) is 60.7 Å². The predicted molar refractivity (Wildman–Crippen MR) is 153 cm³/mol. The number of halogens is 3. The molecule has 0 radical (unpaired) electrons. The second-order valence-electron chi connectivity index (χ2n) is 10.3. The molecule has 3 aliphatic rings. The highest BCUT2D eigenvalue weighted by molar-refractivity contribution is 6.33. The second-order valence-corrected chi connectivity index (χ2v) is 11.2. The third kappa shape index (κ3) is 3.34. The summed E-state index contributed by atoms with van der Waals surface area (Å²) in [7, 11) is 0. The first-order valence-corrected chi connectivity index (χ1v) is 13.6. The van der Waals surface area contributed by atoms with E-state index in [0.717, 1.165) is 5.56 Å². The third-order valence-corrected chi connectivity index (χ3v) is 8.88. The molecule has 3 atom stereocenters. The number of ketones is 3. The van der Waals surface area contributed by atoms with Crippen LogP contribution >= 0.6 is 23.2 Å². The first-order chi connectivity index (χ1) is 19.3. The number of benzene rings is 4. The lowest BCUT2D eigenvalue weighted by atomic mass is 9.64. The Balaban J connectivity index is 1.54. The number of rotatable bonds is 3. The number of nitrogens with zero attached hydrogens (tertiary/aromatic N) is 1. The van der Waals surface area contributed by atoms with Gasteiger partial charge in [0.1, 0.15) is 17.3 Å². The van der Waals surface area contributed by atoms with Gasteiger partial charge in [0.25, 0.3) is 0 Å². The topological polar surface area (TPSA) is 54.5 Å². The third-order valence-electron chi connectivity index (χ3n) is 8.39. The highest BCUT2D eigenvalue weighted by Gasteiger charge is 2.71. The minimum atomic E-state index is -1.62. The molecule has 4 aromatic carbocycles. The summed E-state index contributed by atoms with van der Waals surface area (Å²) < 4.78 is 13.9. The van der Waals surface area contributed by atoms with E-state index in [4.69, 9.17) is 23.2 Å². The minimum Gasteiger partial charge on any atom is -0.352 e. The van der Waals surface area contributed by atoms with Gasteiger partial charge in [-0.3, -0.25) is 14.4 Å². The number of carbonyl (C=O) groups is 3. The van der Waals surface area contributed by atoms with Crippen molar-refractivity contribution in [1.82, 2.24) is 0 Å².